The lowest BCUT2D eigenvalue weighted by Crippen LogP contribution is -2.40. The standard InChI is InChI=1S/C29H32N2O6/c1-7-10-29(6,9-3)17-11-16(27(36)37)12-18(13-17)30-23(32)19-14-21-22(15-20(19)24(30)33)26(35)31(25(21)34)28(4,5)8-2/h11-15H,7-10H2,1-6H3,(H,36,37). The third-order valence-corrected chi connectivity index (χ3v) is 8.06. The maximum absolute atomic E-state index is 13.5. The molecule has 0 fully saturated rings. The molecule has 0 aliphatic heterocycles. The second kappa shape index (κ2) is 8.94. The van der Waals surface area contributed by atoms with Crippen molar-refractivity contribution in [2.75, 3.05) is 0 Å². The van der Waals surface area contributed by atoms with Gasteiger partial charge in [0.15, 0.2) is 0 Å². The van der Waals surface area contributed by atoms with Crippen LogP contribution in [0.4, 0.5) is 0 Å². The van der Waals surface area contributed by atoms with Gasteiger partial charge in [-0.05, 0) is 74.4 Å². The molecule has 0 bridgehead atoms. The first-order valence-electron chi connectivity index (χ1n) is 12.7. The highest BCUT2D eigenvalue weighted by molar-refractivity contribution is 5.98. The molecule has 1 atom stereocenters. The van der Waals surface area contributed by atoms with Crippen molar-refractivity contribution < 1.29 is 9.90 Å². The summed E-state index contributed by atoms with van der Waals surface area (Å²) in [4.78, 5) is 65.3. The lowest BCUT2D eigenvalue weighted by atomic mass is 9.76. The summed E-state index contributed by atoms with van der Waals surface area (Å²) in [5.74, 6) is -1.16. The summed E-state index contributed by atoms with van der Waals surface area (Å²) in [7, 11) is 0. The smallest absolute Gasteiger partial charge is 0.335 e. The lowest BCUT2D eigenvalue weighted by Gasteiger charge is -2.29. The van der Waals surface area contributed by atoms with Crippen LogP contribution in [0.1, 0.15) is 83.1 Å². The zero-order valence-electron chi connectivity index (χ0n) is 22.1. The molecule has 2 heterocycles. The minimum absolute atomic E-state index is 0.0230. The van der Waals surface area contributed by atoms with Crippen molar-refractivity contribution in [3.8, 4) is 5.69 Å². The minimum atomic E-state index is -1.16. The molecule has 0 aliphatic carbocycles. The molecule has 0 aliphatic rings. The Morgan fingerprint density at radius 2 is 1.27 bits per heavy atom. The van der Waals surface area contributed by atoms with Crippen molar-refractivity contribution >= 4 is 27.5 Å². The molecule has 0 saturated carbocycles. The molecule has 0 amide bonds. The number of hydrogen-bond donors (Lipinski definition) is 1. The van der Waals surface area contributed by atoms with E-state index in [1.165, 1.54) is 22.8 Å². The molecule has 1 unspecified atom stereocenters. The van der Waals surface area contributed by atoms with Gasteiger partial charge >= 0.3 is 5.97 Å². The lowest BCUT2D eigenvalue weighted by molar-refractivity contribution is 0.0696. The van der Waals surface area contributed by atoms with Crippen LogP contribution in [0.2, 0.25) is 0 Å². The van der Waals surface area contributed by atoms with Crippen LogP contribution in [0.3, 0.4) is 0 Å². The predicted octanol–water partition coefficient (Wildman–Crippen LogP) is 4.21. The summed E-state index contributed by atoms with van der Waals surface area (Å²) in [5, 5.41) is 9.99. The van der Waals surface area contributed by atoms with Gasteiger partial charge in [0.25, 0.3) is 22.2 Å². The molecule has 4 aromatic rings. The predicted molar refractivity (Wildman–Crippen MR) is 145 cm³/mol. The van der Waals surface area contributed by atoms with E-state index in [-0.39, 0.29) is 38.2 Å². The van der Waals surface area contributed by atoms with E-state index in [4.69, 9.17) is 0 Å². The second-order valence-electron chi connectivity index (χ2n) is 10.7. The second-order valence-corrected chi connectivity index (χ2v) is 10.7. The van der Waals surface area contributed by atoms with Gasteiger partial charge in [0.05, 0.1) is 32.8 Å². The Labute approximate surface area is 213 Å². The Bertz CT molecular complexity index is 1690. The maximum atomic E-state index is 13.5. The van der Waals surface area contributed by atoms with E-state index in [0.29, 0.717) is 6.42 Å². The van der Waals surface area contributed by atoms with Crippen LogP contribution < -0.4 is 22.2 Å². The van der Waals surface area contributed by atoms with E-state index in [2.05, 4.69) is 0 Å². The molecular weight excluding hydrogens is 472 g/mol. The molecule has 2 aromatic heterocycles. The summed E-state index contributed by atoms with van der Waals surface area (Å²) in [6.07, 6.45) is 2.97. The monoisotopic (exact) mass is 504 g/mol. The van der Waals surface area contributed by atoms with Crippen LogP contribution in [0.25, 0.3) is 27.2 Å². The van der Waals surface area contributed by atoms with Gasteiger partial charge in [0.2, 0.25) is 0 Å². The summed E-state index contributed by atoms with van der Waals surface area (Å²) < 4.78 is 2.13. The van der Waals surface area contributed by atoms with Crippen molar-refractivity contribution in [3.63, 3.8) is 0 Å². The summed E-state index contributed by atoms with van der Waals surface area (Å²) in [6.45, 7) is 11.5. The number of carboxylic acid groups (broad SMARTS) is 1. The van der Waals surface area contributed by atoms with Gasteiger partial charge in [-0.15, -0.1) is 0 Å². The van der Waals surface area contributed by atoms with Crippen LogP contribution in [-0.2, 0) is 11.0 Å². The normalized spacial score (nSPS) is 13.9. The highest BCUT2D eigenvalue weighted by Gasteiger charge is 2.29. The van der Waals surface area contributed by atoms with Gasteiger partial charge in [-0.1, -0.05) is 34.1 Å². The van der Waals surface area contributed by atoms with Crippen molar-refractivity contribution in [2.24, 2.45) is 0 Å². The molecule has 2 aromatic carbocycles. The molecular formula is C29H32N2O6. The van der Waals surface area contributed by atoms with E-state index >= 15 is 0 Å². The van der Waals surface area contributed by atoms with Gasteiger partial charge in [0.1, 0.15) is 0 Å². The van der Waals surface area contributed by atoms with Gasteiger partial charge in [-0.3, -0.25) is 23.7 Å². The number of hydrogen-bond acceptors (Lipinski definition) is 5. The van der Waals surface area contributed by atoms with E-state index in [1.807, 2.05) is 27.7 Å². The summed E-state index contributed by atoms with van der Waals surface area (Å²) in [5.41, 5.74) is -2.51. The Morgan fingerprint density at radius 1 is 0.757 bits per heavy atom. The van der Waals surface area contributed by atoms with Crippen LogP contribution in [0.15, 0.2) is 49.5 Å². The van der Waals surface area contributed by atoms with Crippen LogP contribution in [-0.4, -0.2) is 20.2 Å². The first-order valence-corrected chi connectivity index (χ1v) is 12.7. The Hall–Kier alpha value is -3.81. The molecule has 0 spiro atoms. The Kier molecular flexibility index (Phi) is 6.34. The third-order valence-electron chi connectivity index (χ3n) is 8.06. The molecule has 0 saturated heterocycles. The molecule has 37 heavy (non-hydrogen) atoms. The van der Waals surface area contributed by atoms with E-state index < -0.39 is 33.7 Å². The zero-order chi connectivity index (χ0) is 27.4. The average molecular weight is 505 g/mol. The molecule has 4 rings (SSSR count). The Morgan fingerprint density at radius 3 is 1.70 bits per heavy atom. The van der Waals surface area contributed by atoms with Gasteiger partial charge < -0.3 is 5.11 Å². The van der Waals surface area contributed by atoms with Crippen LogP contribution in [0, 0.1) is 0 Å². The topological polar surface area (TPSA) is 115 Å². The number of carboxylic acids is 1. The summed E-state index contributed by atoms with van der Waals surface area (Å²) in [6, 6.07) is 7.26. The number of carbonyl (C=O) groups is 1. The summed E-state index contributed by atoms with van der Waals surface area (Å²) >= 11 is 0. The fourth-order valence-electron chi connectivity index (χ4n) is 5.21. The molecule has 8 heteroatoms. The Balaban J connectivity index is 2.06. The van der Waals surface area contributed by atoms with Crippen LogP contribution >= 0.6 is 0 Å². The van der Waals surface area contributed by atoms with Gasteiger partial charge in [0, 0.05) is 5.54 Å². The molecule has 1 N–H and O–H groups in total. The third kappa shape index (κ3) is 3.95. The van der Waals surface area contributed by atoms with E-state index in [9.17, 15) is 29.1 Å². The molecule has 0 radical (unpaired) electrons. The van der Waals surface area contributed by atoms with Crippen molar-refractivity contribution in [3.05, 3.63) is 82.9 Å². The van der Waals surface area contributed by atoms with Crippen molar-refractivity contribution in [1.82, 2.24) is 9.13 Å². The number of aromatic nitrogens is 2. The fraction of sp³-hybridized carbons (Fsp3) is 0.414. The van der Waals surface area contributed by atoms with Gasteiger partial charge in [-0.25, -0.2) is 9.36 Å². The molecule has 8 nitrogen and oxygen atoms in total. The number of aromatic carboxylic acids is 1. The maximum Gasteiger partial charge on any atom is 0.335 e. The van der Waals surface area contributed by atoms with E-state index in [0.717, 1.165) is 29.4 Å². The zero-order valence-corrected chi connectivity index (χ0v) is 22.1. The van der Waals surface area contributed by atoms with E-state index in [1.54, 1.807) is 26.0 Å². The number of nitrogens with zero attached hydrogens (tertiary/aromatic N) is 2. The number of fused-ring (bicyclic) bond motifs is 2. The SMILES string of the molecule is CCCC(C)(CC)c1cc(C(=O)O)cc(-n2c(=O)c3cc4c(=O)n(C(C)(C)CC)c(=O)c4cc3c2=O)c1. The van der Waals surface area contributed by atoms with Gasteiger partial charge in [-0.2, -0.15) is 0 Å². The largest absolute Gasteiger partial charge is 0.478 e. The minimum Gasteiger partial charge on any atom is -0.478 e. The molecule has 194 valence electrons. The highest BCUT2D eigenvalue weighted by atomic mass is 16.4. The fourth-order valence-corrected chi connectivity index (χ4v) is 5.21. The first kappa shape index (κ1) is 26.3. The highest BCUT2D eigenvalue weighted by Crippen LogP contribution is 2.34. The average Bonchev–Trinajstić information content (AvgIpc) is 3.26. The quantitative estimate of drug-likeness (QED) is 0.384. The first-order chi connectivity index (χ1) is 17.3. The van der Waals surface area contributed by atoms with Crippen LogP contribution in [0.5, 0.6) is 0 Å². The van der Waals surface area contributed by atoms with Crippen molar-refractivity contribution in [2.45, 2.75) is 78.2 Å². The number of rotatable bonds is 8. The number of benzene rings is 2. The van der Waals surface area contributed by atoms with Crippen molar-refractivity contribution in [1.29, 1.82) is 0 Å².